The molecule has 0 saturated carbocycles. The Morgan fingerprint density at radius 1 is 0.221 bits per heavy atom. The van der Waals surface area contributed by atoms with Crippen LogP contribution in [0, 0.1) is 13.8 Å². The quantitative estimate of drug-likeness (QED) is 0.127. The van der Waals surface area contributed by atoms with Gasteiger partial charge in [0.15, 0.2) is 0 Å². The van der Waals surface area contributed by atoms with Crippen molar-refractivity contribution in [2.24, 2.45) is 0 Å². The van der Waals surface area contributed by atoms with Crippen molar-refractivity contribution in [3.05, 3.63) is 454 Å². The first-order chi connectivity index (χ1) is 51.4. The molecular weight excluding hydrogens is 1270 g/mol. The largest absolute Gasteiger partial charge is 0.310 e. The van der Waals surface area contributed by atoms with Crippen molar-refractivity contribution in [2.75, 3.05) is 9.80 Å². The monoisotopic (exact) mass is 1340 g/mol. The molecule has 2 nitrogen and oxygen atoms in total. The first kappa shape index (κ1) is 60.1. The molecule has 0 bridgehead atoms. The molecule has 0 atom stereocenters. The van der Waals surface area contributed by atoms with Crippen molar-refractivity contribution >= 4 is 65.6 Å². The second-order valence-corrected chi connectivity index (χ2v) is 29.7. The van der Waals surface area contributed by atoms with E-state index >= 15 is 0 Å². The number of benzene rings is 16. The minimum atomic E-state index is -0.604. The Labute approximate surface area is 611 Å². The molecule has 17 aromatic rings. The zero-order valence-electron chi connectivity index (χ0n) is 57.6. The minimum Gasteiger partial charge on any atom is -0.310 e. The third-order valence-electron chi connectivity index (χ3n) is 23.3. The highest BCUT2D eigenvalue weighted by molar-refractivity contribution is 7.25. The fourth-order valence-electron chi connectivity index (χ4n) is 19.1. The zero-order valence-corrected chi connectivity index (χ0v) is 58.4. The Balaban J connectivity index is 0.737. The van der Waals surface area contributed by atoms with Crippen LogP contribution in [0.4, 0.5) is 34.1 Å². The molecule has 4 aliphatic rings. The van der Waals surface area contributed by atoms with E-state index in [1.807, 2.05) is 11.3 Å². The van der Waals surface area contributed by atoms with Gasteiger partial charge in [-0.1, -0.05) is 314 Å². The number of fused-ring (bicyclic) bond motifs is 19. The Morgan fingerprint density at radius 3 is 1.08 bits per heavy atom. The highest BCUT2D eigenvalue weighted by atomic mass is 32.1. The van der Waals surface area contributed by atoms with Crippen LogP contribution in [0.1, 0.15) is 77.9 Å². The summed E-state index contributed by atoms with van der Waals surface area (Å²) in [6.45, 7) is 4.46. The molecule has 0 saturated heterocycles. The minimum absolute atomic E-state index is 0.483. The number of nitrogens with zero attached hydrogens (tertiary/aromatic N) is 2. The first-order valence-corrected chi connectivity index (χ1v) is 37.1. The third kappa shape index (κ3) is 8.50. The molecule has 1 spiro atoms. The van der Waals surface area contributed by atoms with Crippen molar-refractivity contribution in [2.45, 2.75) is 30.1 Å². The molecule has 21 rings (SSSR count). The molecule has 0 fully saturated rings. The molecule has 0 amide bonds. The molecule has 4 aliphatic carbocycles. The number of thiophene rings is 1. The lowest BCUT2D eigenvalue weighted by Gasteiger charge is -2.36. The van der Waals surface area contributed by atoms with Crippen molar-refractivity contribution in [1.29, 1.82) is 0 Å². The van der Waals surface area contributed by atoms with Gasteiger partial charge in [-0.25, -0.2) is 0 Å². The summed E-state index contributed by atoms with van der Waals surface area (Å²) >= 11 is 1.87. The van der Waals surface area contributed by atoms with Crippen LogP contribution < -0.4 is 9.80 Å². The summed E-state index contributed by atoms with van der Waals surface area (Å²) in [4.78, 5) is 5.04. The number of aryl methyl sites for hydroxylation is 2. The summed E-state index contributed by atoms with van der Waals surface area (Å²) in [6, 6.07) is 143. The summed E-state index contributed by atoms with van der Waals surface area (Å²) in [5.41, 5.74) is 35.2. The van der Waals surface area contributed by atoms with Gasteiger partial charge in [-0.3, -0.25) is 0 Å². The van der Waals surface area contributed by atoms with Crippen LogP contribution in [0.2, 0.25) is 0 Å². The van der Waals surface area contributed by atoms with E-state index in [-0.39, 0.29) is 0 Å². The van der Waals surface area contributed by atoms with Gasteiger partial charge in [0.05, 0.1) is 21.9 Å². The molecule has 0 aliphatic heterocycles. The van der Waals surface area contributed by atoms with E-state index in [0.717, 1.165) is 45.3 Å². The van der Waals surface area contributed by atoms with Crippen molar-refractivity contribution in [3.63, 3.8) is 0 Å². The van der Waals surface area contributed by atoms with Gasteiger partial charge in [0.2, 0.25) is 0 Å². The van der Waals surface area contributed by atoms with Gasteiger partial charge in [-0.05, 0) is 203 Å². The Morgan fingerprint density at radius 2 is 0.577 bits per heavy atom. The highest BCUT2D eigenvalue weighted by Gasteiger charge is 2.53. The van der Waals surface area contributed by atoms with Gasteiger partial charge in [-0.2, -0.15) is 0 Å². The zero-order chi connectivity index (χ0) is 68.8. The molecule has 0 unspecified atom stereocenters. The molecule has 1 aromatic heterocycles. The van der Waals surface area contributed by atoms with Crippen molar-refractivity contribution in [3.8, 4) is 55.6 Å². The van der Waals surface area contributed by atoms with Crippen LogP contribution >= 0.6 is 11.3 Å². The molecule has 1 heterocycles. The average Bonchev–Trinajstić information content (AvgIpc) is 1.53. The van der Waals surface area contributed by atoms with E-state index in [0.29, 0.717) is 0 Å². The van der Waals surface area contributed by atoms with Gasteiger partial charge in [0.1, 0.15) is 0 Å². The van der Waals surface area contributed by atoms with E-state index in [1.165, 1.54) is 143 Å². The van der Waals surface area contributed by atoms with Crippen LogP contribution in [0.25, 0.3) is 75.8 Å². The van der Waals surface area contributed by atoms with Gasteiger partial charge in [-0.15, -0.1) is 11.3 Å². The number of anilines is 6. The molecule has 3 heteroatoms. The number of rotatable bonds is 11. The molecule has 104 heavy (non-hydrogen) atoms. The Kier molecular flexibility index (Phi) is 13.4. The number of hydrogen-bond acceptors (Lipinski definition) is 3. The summed E-state index contributed by atoms with van der Waals surface area (Å²) in [5, 5.41) is 2.57. The molecular formula is C101H68N2S. The summed E-state index contributed by atoms with van der Waals surface area (Å²) in [6.07, 6.45) is 0. The maximum absolute atomic E-state index is 2.52. The van der Waals surface area contributed by atoms with Crippen LogP contribution in [0.15, 0.2) is 376 Å². The van der Waals surface area contributed by atoms with Crippen LogP contribution in [0.3, 0.4) is 0 Å². The standard InChI is InChI=1S/C101H68N2S/c1-65-42-55-80-82-57-52-75(62-93(82)99(91(80)60-65,69-24-7-3-8-25-69)70-26-9-4-10-27-70)102(76-53-58-83-81-56-43-66(2)61-92(81)100(94(83)63-76,71-28-11-5-12-29-71)72-30-13-6-14-31-72)73-48-44-67(45-49-73)68-46-50-74(51-47-68)103(77-54-59-85-84-34-18-22-41-96(84)104-97(85)64-77)95-40-23-39-90-98(95)86-35-17-21-38-89(86)101(90)87-36-19-15-32-78(87)79-33-16-20-37-88(79)101/h3-64H,1-2H3. The summed E-state index contributed by atoms with van der Waals surface area (Å²) < 4.78 is 2.56. The summed E-state index contributed by atoms with van der Waals surface area (Å²) in [7, 11) is 0. The normalized spacial score (nSPS) is 13.9. The average molecular weight is 1340 g/mol. The predicted molar refractivity (Wildman–Crippen MR) is 435 cm³/mol. The molecule has 488 valence electrons. The van der Waals surface area contributed by atoms with Gasteiger partial charge in [0.25, 0.3) is 0 Å². The topological polar surface area (TPSA) is 6.48 Å². The first-order valence-electron chi connectivity index (χ1n) is 36.3. The Bertz CT molecular complexity index is 6000. The van der Waals surface area contributed by atoms with E-state index in [1.54, 1.807) is 0 Å². The lowest BCUT2D eigenvalue weighted by atomic mass is 9.67. The van der Waals surface area contributed by atoms with E-state index in [2.05, 4.69) is 400 Å². The van der Waals surface area contributed by atoms with E-state index in [4.69, 9.17) is 0 Å². The lowest BCUT2D eigenvalue weighted by molar-refractivity contribution is 0.766. The van der Waals surface area contributed by atoms with Gasteiger partial charge in [0, 0.05) is 54.2 Å². The lowest BCUT2D eigenvalue weighted by Crippen LogP contribution is -2.29. The van der Waals surface area contributed by atoms with E-state index < -0.39 is 16.2 Å². The predicted octanol–water partition coefficient (Wildman–Crippen LogP) is 26.3. The van der Waals surface area contributed by atoms with E-state index in [9.17, 15) is 0 Å². The van der Waals surface area contributed by atoms with Gasteiger partial charge < -0.3 is 9.80 Å². The van der Waals surface area contributed by atoms with Crippen LogP contribution in [0.5, 0.6) is 0 Å². The van der Waals surface area contributed by atoms with Crippen LogP contribution in [-0.4, -0.2) is 0 Å². The summed E-state index contributed by atoms with van der Waals surface area (Å²) in [5.74, 6) is 0. The third-order valence-corrected chi connectivity index (χ3v) is 24.5. The Hall–Kier alpha value is -12.7. The second kappa shape index (κ2) is 23.2. The smallest absolute Gasteiger partial charge is 0.0726 e. The molecule has 16 aromatic carbocycles. The highest BCUT2D eigenvalue weighted by Crippen LogP contribution is 2.66. The van der Waals surface area contributed by atoms with Crippen molar-refractivity contribution < 1.29 is 0 Å². The molecule has 0 N–H and O–H groups in total. The fourth-order valence-corrected chi connectivity index (χ4v) is 20.2. The maximum Gasteiger partial charge on any atom is 0.0726 e. The van der Waals surface area contributed by atoms with Gasteiger partial charge >= 0.3 is 0 Å². The SMILES string of the molecule is Cc1ccc2c(c1)C(c1ccccc1)(c1ccccc1)c1cc(N(c3ccc(-c4ccc(N(c5ccc6c(c5)sc5ccccc56)c5cccc6c5-c5ccccc5C65c6ccccc6-c6ccccc65)cc4)cc3)c3ccc4c(c3)C(c3ccccc3)(c3ccccc3)c3cc(C)ccc3-4)ccc1-2. The maximum atomic E-state index is 2.52. The fraction of sp³-hybridized carbons (Fsp3) is 0.0495. The van der Waals surface area contributed by atoms with Crippen molar-refractivity contribution in [1.82, 2.24) is 0 Å². The second-order valence-electron chi connectivity index (χ2n) is 28.7. The molecule has 0 radical (unpaired) electrons. The van der Waals surface area contributed by atoms with Crippen LogP contribution in [-0.2, 0) is 16.2 Å². The number of hydrogen-bond donors (Lipinski definition) is 0.